The maximum absolute atomic E-state index is 12.1. The summed E-state index contributed by atoms with van der Waals surface area (Å²) in [6.45, 7) is 4.20. The number of hydrogen-bond donors (Lipinski definition) is 2. The van der Waals surface area contributed by atoms with Gasteiger partial charge in [0.2, 0.25) is 0 Å². The van der Waals surface area contributed by atoms with Crippen molar-refractivity contribution in [3.05, 3.63) is 35.9 Å². The number of ether oxygens (including phenoxy) is 3. The molecule has 1 aromatic carbocycles. The topological polar surface area (TPSA) is 85.2 Å². The Morgan fingerprint density at radius 2 is 1.70 bits per heavy atom. The highest BCUT2D eigenvalue weighted by molar-refractivity contribution is 5.70. The molecule has 0 bridgehead atoms. The summed E-state index contributed by atoms with van der Waals surface area (Å²) in [6.07, 6.45) is -4.98. The van der Waals surface area contributed by atoms with Crippen molar-refractivity contribution >= 4 is 5.97 Å². The Labute approximate surface area is 136 Å². The van der Waals surface area contributed by atoms with Crippen LogP contribution in [0.1, 0.15) is 31.9 Å². The van der Waals surface area contributed by atoms with E-state index >= 15 is 0 Å². The maximum Gasteiger partial charge on any atom is 0.309 e. The highest BCUT2D eigenvalue weighted by Crippen LogP contribution is 2.31. The van der Waals surface area contributed by atoms with Crippen molar-refractivity contribution in [2.24, 2.45) is 0 Å². The zero-order valence-corrected chi connectivity index (χ0v) is 13.4. The van der Waals surface area contributed by atoms with Crippen molar-refractivity contribution < 1.29 is 29.2 Å². The van der Waals surface area contributed by atoms with E-state index in [1.807, 2.05) is 30.3 Å². The Hall–Kier alpha value is -1.47. The molecule has 5 atom stereocenters. The highest BCUT2D eigenvalue weighted by atomic mass is 16.6. The molecule has 1 aliphatic heterocycles. The molecule has 0 aliphatic carbocycles. The zero-order chi connectivity index (χ0) is 16.8. The number of cyclic esters (lactones) is 1. The fourth-order valence-electron chi connectivity index (χ4n) is 2.82. The van der Waals surface area contributed by atoms with Gasteiger partial charge in [-0.1, -0.05) is 30.3 Å². The second-order valence-corrected chi connectivity index (χ2v) is 5.42. The number of carbonyl (C=O) groups is 1. The summed E-state index contributed by atoms with van der Waals surface area (Å²) < 4.78 is 16.6. The molecule has 1 fully saturated rings. The van der Waals surface area contributed by atoms with Crippen molar-refractivity contribution in [2.45, 2.75) is 50.8 Å². The molecule has 1 heterocycles. The molecule has 2 rings (SSSR count). The van der Waals surface area contributed by atoms with E-state index in [-0.39, 0.29) is 6.42 Å². The lowest BCUT2D eigenvalue weighted by Gasteiger charge is -2.38. The zero-order valence-electron chi connectivity index (χ0n) is 13.4. The SMILES string of the molecule is CCOC1C(O)CC(=O)OC(c2ccccc2)C(OCC)C1O. The van der Waals surface area contributed by atoms with Crippen LogP contribution in [0, 0.1) is 0 Å². The average molecular weight is 324 g/mol. The Morgan fingerprint density at radius 1 is 1.09 bits per heavy atom. The van der Waals surface area contributed by atoms with E-state index in [2.05, 4.69) is 0 Å². The van der Waals surface area contributed by atoms with E-state index < -0.39 is 36.5 Å². The first-order valence-electron chi connectivity index (χ1n) is 7.92. The van der Waals surface area contributed by atoms with Gasteiger partial charge in [-0.2, -0.15) is 0 Å². The van der Waals surface area contributed by atoms with Crippen LogP contribution in [-0.4, -0.2) is 53.8 Å². The van der Waals surface area contributed by atoms with E-state index in [4.69, 9.17) is 14.2 Å². The quantitative estimate of drug-likeness (QED) is 0.792. The van der Waals surface area contributed by atoms with Crippen molar-refractivity contribution in [1.29, 1.82) is 0 Å². The number of rotatable bonds is 5. The number of aliphatic hydroxyl groups is 2. The van der Waals surface area contributed by atoms with Gasteiger partial charge in [0.15, 0.2) is 6.10 Å². The van der Waals surface area contributed by atoms with Crippen molar-refractivity contribution in [2.75, 3.05) is 13.2 Å². The minimum absolute atomic E-state index is 0.232. The standard InChI is InChI=1S/C17H24O6/c1-3-21-16-12(18)10-13(19)23-15(11-8-6-5-7-9-11)17(14(16)20)22-4-2/h5-9,12,14-18,20H,3-4,10H2,1-2H3. The summed E-state index contributed by atoms with van der Waals surface area (Å²) in [5.74, 6) is -0.548. The highest BCUT2D eigenvalue weighted by Gasteiger charge is 2.43. The van der Waals surface area contributed by atoms with Gasteiger partial charge in [0, 0.05) is 13.2 Å². The van der Waals surface area contributed by atoms with Gasteiger partial charge in [0.05, 0.1) is 12.5 Å². The van der Waals surface area contributed by atoms with Gasteiger partial charge >= 0.3 is 5.97 Å². The Kier molecular flexibility index (Phi) is 6.53. The fourth-order valence-corrected chi connectivity index (χ4v) is 2.82. The summed E-state index contributed by atoms with van der Waals surface area (Å²) in [5, 5.41) is 20.8. The second-order valence-electron chi connectivity index (χ2n) is 5.42. The van der Waals surface area contributed by atoms with Gasteiger partial charge < -0.3 is 24.4 Å². The third-order valence-corrected chi connectivity index (χ3v) is 3.83. The predicted molar refractivity (Wildman–Crippen MR) is 82.7 cm³/mol. The molecule has 2 N–H and O–H groups in total. The summed E-state index contributed by atoms with van der Waals surface area (Å²) in [7, 11) is 0. The molecule has 0 radical (unpaired) electrons. The molecule has 0 amide bonds. The number of esters is 1. The van der Waals surface area contributed by atoms with Gasteiger partial charge in [0.1, 0.15) is 18.3 Å². The van der Waals surface area contributed by atoms with Crippen molar-refractivity contribution in [3.8, 4) is 0 Å². The van der Waals surface area contributed by atoms with Gasteiger partial charge in [-0.15, -0.1) is 0 Å². The van der Waals surface area contributed by atoms with E-state index in [1.54, 1.807) is 13.8 Å². The molecular weight excluding hydrogens is 300 g/mol. The van der Waals surface area contributed by atoms with E-state index in [1.165, 1.54) is 0 Å². The Bertz CT molecular complexity index is 491. The van der Waals surface area contributed by atoms with Crippen LogP contribution in [0.5, 0.6) is 0 Å². The monoisotopic (exact) mass is 324 g/mol. The van der Waals surface area contributed by atoms with Crippen LogP contribution in [0.2, 0.25) is 0 Å². The summed E-state index contributed by atoms with van der Waals surface area (Å²) in [5.41, 5.74) is 0.727. The molecule has 0 aromatic heterocycles. The smallest absolute Gasteiger partial charge is 0.309 e. The normalized spacial score (nSPS) is 32.0. The molecule has 0 saturated carbocycles. The third-order valence-electron chi connectivity index (χ3n) is 3.83. The van der Waals surface area contributed by atoms with Crippen LogP contribution in [0.3, 0.4) is 0 Å². The maximum atomic E-state index is 12.1. The first-order chi connectivity index (χ1) is 11.1. The lowest BCUT2D eigenvalue weighted by Crippen LogP contribution is -2.52. The first kappa shape index (κ1) is 17.9. The summed E-state index contributed by atoms with van der Waals surface area (Å²) >= 11 is 0. The van der Waals surface area contributed by atoms with Gasteiger partial charge in [0.25, 0.3) is 0 Å². The Morgan fingerprint density at radius 3 is 2.30 bits per heavy atom. The molecule has 128 valence electrons. The molecule has 0 spiro atoms. The van der Waals surface area contributed by atoms with Crippen LogP contribution in [0.4, 0.5) is 0 Å². The van der Waals surface area contributed by atoms with Gasteiger partial charge in [-0.25, -0.2) is 0 Å². The van der Waals surface area contributed by atoms with E-state index in [0.29, 0.717) is 13.2 Å². The van der Waals surface area contributed by atoms with Gasteiger partial charge in [-0.3, -0.25) is 4.79 Å². The van der Waals surface area contributed by atoms with Crippen LogP contribution < -0.4 is 0 Å². The van der Waals surface area contributed by atoms with Crippen LogP contribution in [0.25, 0.3) is 0 Å². The molecular formula is C17H24O6. The number of hydrogen-bond acceptors (Lipinski definition) is 6. The van der Waals surface area contributed by atoms with Crippen LogP contribution in [-0.2, 0) is 19.0 Å². The Balaban J connectivity index is 2.37. The minimum atomic E-state index is -1.14. The van der Waals surface area contributed by atoms with E-state index in [0.717, 1.165) is 5.56 Å². The first-order valence-corrected chi connectivity index (χ1v) is 7.92. The fraction of sp³-hybridized carbons (Fsp3) is 0.588. The number of carbonyl (C=O) groups excluding carboxylic acids is 1. The molecule has 1 saturated heterocycles. The molecule has 5 unspecified atom stereocenters. The van der Waals surface area contributed by atoms with Crippen LogP contribution in [0.15, 0.2) is 30.3 Å². The third kappa shape index (κ3) is 4.29. The summed E-state index contributed by atoms with van der Waals surface area (Å²) in [4.78, 5) is 12.1. The van der Waals surface area contributed by atoms with Gasteiger partial charge in [-0.05, 0) is 19.4 Å². The summed E-state index contributed by atoms with van der Waals surface area (Å²) in [6, 6.07) is 9.13. The average Bonchev–Trinajstić information content (AvgIpc) is 2.55. The lowest BCUT2D eigenvalue weighted by atomic mass is 9.92. The molecule has 6 heteroatoms. The molecule has 23 heavy (non-hydrogen) atoms. The van der Waals surface area contributed by atoms with Crippen molar-refractivity contribution in [1.82, 2.24) is 0 Å². The van der Waals surface area contributed by atoms with Crippen LogP contribution >= 0.6 is 0 Å². The predicted octanol–water partition coefficient (Wildman–Crippen LogP) is 1.21. The van der Waals surface area contributed by atoms with E-state index in [9.17, 15) is 15.0 Å². The van der Waals surface area contributed by atoms with Crippen molar-refractivity contribution in [3.63, 3.8) is 0 Å². The minimum Gasteiger partial charge on any atom is -0.454 e. The molecule has 1 aromatic rings. The largest absolute Gasteiger partial charge is 0.454 e. The second kappa shape index (κ2) is 8.40. The number of aliphatic hydroxyl groups excluding tert-OH is 2. The molecule has 1 aliphatic rings. The lowest BCUT2D eigenvalue weighted by molar-refractivity contribution is -0.203. The molecule has 6 nitrogen and oxygen atoms in total. The number of benzene rings is 1.